The molecule has 0 aliphatic heterocycles. The molecule has 0 saturated carbocycles. The summed E-state index contributed by atoms with van der Waals surface area (Å²) in [4.78, 5) is 25.2. The van der Waals surface area contributed by atoms with Crippen molar-refractivity contribution in [3.8, 4) is 0 Å². The predicted molar refractivity (Wildman–Crippen MR) is 60.3 cm³/mol. The number of aromatic carboxylic acids is 1. The normalized spacial score (nSPS) is 10.6. The molecule has 1 aromatic carbocycles. The molecule has 82 valence electrons. The van der Waals surface area contributed by atoms with E-state index in [1.165, 1.54) is 13.0 Å². The van der Waals surface area contributed by atoms with E-state index >= 15 is 0 Å². The molecule has 0 aliphatic carbocycles. The van der Waals surface area contributed by atoms with Gasteiger partial charge in [0.1, 0.15) is 0 Å². The SMILES string of the molecule is CC(=O)c1cc(C(=O)O)c(Cl)c2cc[nH]c12. The third-order valence-electron chi connectivity index (χ3n) is 2.39. The van der Waals surface area contributed by atoms with E-state index in [1.807, 2.05) is 0 Å². The van der Waals surface area contributed by atoms with E-state index in [4.69, 9.17) is 16.7 Å². The van der Waals surface area contributed by atoms with Crippen molar-refractivity contribution in [3.05, 3.63) is 34.5 Å². The predicted octanol–water partition coefficient (Wildman–Crippen LogP) is 2.72. The molecule has 0 spiro atoms. The Morgan fingerprint density at radius 3 is 2.62 bits per heavy atom. The van der Waals surface area contributed by atoms with Gasteiger partial charge in [0.15, 0.2) is 5.78 Å². The van der Waals surface area contributed by atoms with Gasteiger partial charge in [0.25, 0.3) is 0 Å². The van der Waals surface area contributed by atoms with Gasteiger partial charge in [0.05, 0.1) is 16.1 Å². The van der Waals surface area contributed by atoms with Crippen LogP contribution in [-0.2, 0) is 0 Å². The fourth-order valence-corrected chi connectivity index (χ4v) is 1.93. The Hall–Kier alpha value is -1.81. The van der Waals surface area contributed by atoms with Gasteiger partial charge in [-0.15, -0.1) is 0 Å². The molecule has 0 saturated heterocycles. The minimum Gasteiger partial charge on any atom is -0.478 e. The Morgan fingerprint density at radius 1 is 1.38 bits per heavy atom. The third kappa shape index (κ3) is 1.47. The first-order valence-corrected chi connectivity index (χ1v) is 4.94. The molecule has 0 unspecified atom stereocenters. The number of hydrogen-bond acceptors (Lipinski definition) is 2. The maximum Gasteiger partial charge on any atom is 0.337 e. The molecule has 1 heterocycles. The average Bonchev–Trinajstić information content (AvgIpc) is 2.66. The third-order valence-corrected chi connectivity index (χ3v) is 2.79. The number of aromatic amines is 1. The molecule has 1 aromatic heterocycles. The molecule has 2 N–H and O–H groups in total. The highest BCUT2D eigenvalue weighted by molar-refractivity contribution is 6.39. The Morgan fingerprint density at radius 2 is 2.06 bits per heavy atom. The van der Waals surface area contributed by atoms with Crippen LogP contribution in [0.25, 0.3) is 10.9 Å². The van der Waals surface area contributed by atoms with E-state index in [9.17, 15) is 9.59 Å². The van der Waals surface area contributed by atoms with E-state index in [0.717, 1.165) is 0 Å². The molecule has 2 rings (SSSR count). The quantitative estimate of drug-likeness (QED) is 0.789. The number of carbonyl (C=O) groups excluding carboxylic acids is 1. The number of benzene rings is 1. The summed E-state index contributed by atoms with van der Waals surface area (Å²) in [6.45, 7) is 1.38. The standard InChI is InChI=1S/C11H8ClNO3/c1-5(14)7-4-8(11(15)16)9(12)6-2-3-13-10(6)7/h2-4,13H,1H3,(H,15,16). The van der Waals surface area contributed by atoms with Crippen molar-refractivity contribution < 1.29 is 14.7 Å². The number of carboxylic acids is 1. The summed E-state index contributed by atoms with van der Waals surface area (Å²) >= 11 is 5.94. The number of halogens is 1. The van der Waals surface area contributed by atoms with Crippen molar-refractivity contribution in [3.63, 3.8) is 0 Å². The number of H-pyrrole nitrogens is 1. The zero-order valence-electron chi connectivity index (χ0n) is 8.37. The Labute approximate surface area is 95.8 Å². The molecular formula is C11H8ClNO3. The molecule has 0 bridgehead atoms. The number of nitrogens with one attached hydrogen (secondary N) is 1. The lowest BCUT2D eigenvalue weighted by Crippen LogP contribution is -2.02. The summed E-state index contributed by atoms with van der Waals surface area (Å²) in [7, 11) is 0. The lowest BCUT2D eigenvalue weighted by Gasteiger charge is -2.04. The van der Waals surface area contributed by atoms with Gasteiger partial charge in [-0.05, 0) is 19.1 Å². The van der Waals surface area contributed by atoms with Gasteiger partial charge >= 0.3 is 5.97 Å². The second-order valence-corrected chi connectivity index (χ2v) is 3.79. The number of fused-ring (bicyclic) bond motifs is 1. The number of rotatable bonds is 2. The van der Waals surface area contributed by atoms with Gasteiger partial charge in [-0.3, -0.25) is 4.79 Å². The van der Waals surface area contributed by atoms with Crippen molar-refractivity contribution in [1.29, 1.82) is 0 Å². The Balaban J connectivity index is 2.90. The van der Waals surface area contributed by atoms with Crippen molar-refractivity contribution in [2.24, 2.45) is 0 Å². The number of ketones is 1. The summed E-state index contributed by atoms with van der Waals surface area (Å²) in [5.74, 6) is -1.35. The van der Waals surface area contributed by atoms with Crippen LogP contribution in [0.3, 0.4) is 0 Å². The van der Waals surface area contributed by atoms with E-state index in [1.54, 1.807) is 12.3 Å². The summed E-state index contributed by atoms with van der Waals surface area (Å²) in [5.41, 5.74) is 0.850. The summed E-state index contributed by atoms with van der Waals surface area (Å²) in [5, 5.41) is 9.66. The maximum absolute atomic E-state index is 11.4. The number of carbonyl (C=O) groups is 2. The molecule has 5 heteroatoms. The van der Waals surface area contributed by atoms with Crippen molar-refractivity contribution in [2.45, 2.75) is 6.92 Å². The van der Waals surface area contributed by atoms with Gasteiger partial charge in [-0.25, -0.2) is 4.79 Å². The lowest BCUT2D eigenvalue weighted by atomic mass is 10.0. The van der Waals surface area contributed by atoms with Crippen molar-refractivity contribution in [2.75, 3.05) is 0 Å². The van der Waals surface area contributed by atoms with Crippen LogP contribution in [0, 0.1) is 0 Å². The molecule has 0 atom stereocenters. The number of hydrogen-bond donors (Lipinski definition) is 2. The van der Waals surface area contributed by atoms with Crippen LogP contribution in [0.4, 0.5) is 0 Å². The topological polar surface area (TPSA) is 70.2 Å². The van der Waals surface area contributed by atoms with Crippen LogP contribution in [0.1, 0.15) is 27.6 Å². The van der Waals surface area contributed by atoms with Crippen molar-refractivity contribution in [1.82, 2.24) is 4.98 Å². The zero-order valence-corrected chi connectivity index (χ0v) is 9.13. The minimum atomic E-state index is -1.14. The second kappa shape index (κ2) is 3.64. The van der Waals surface area contributed by atoms with Gasteiger partial charge in [-0.1, -0.05) is 11.6 Å². The Bertz CT molecular complexity index is 601. The molecule has 0 amide bonds. The van der Waals surface area contributed by atoms with Crippen LogP contribution in [0.15, 0.2) is 18.3 Å². The largest absolute Gasteiger partial charge is 0.478 e. The van der Waals surface area contributed by atoms with Gasteiger partial charge < -0.3 is 10.1 Å². The van der Waals surface area contributed by atoms with Gasteiger partial charge in [0.2, 0.25) is 0 Å². The Kier molecular flexibility index (Phi) is 2.44. The molecule has 0 aliphatic rings. The summed E-state index contributed by atoms with van der Waals surface area (Å²) < 4.78 is 0. The van der Waals surface area contributed by atoms with Crippen molar-refractivity contribution >= 4 is 34.3 Å². The first kappa shape index (κ1) is 10.7. The van der Waals surface area contributed by atoms with E-state index in [-0.39, 0.29) is 16.4 Å². The average molecular weight is 238 g/mol. The van der Waals surface area contributed by atoms with Crippen LogP contribution in [-0.4, -0.2) is 21.8 Å². The number of carboxylic acid groups (broad SMARTS) is 1. The zero-order chi connectivity index (χ0) is 11.9. The van der Waals surface area contributed by atoms with E-state index in [2.05, 4.69) is 4.98 Å². The smallest absolute Gasteiger partial charge is 0.337 e. The molecule has 0 fully saturated rings. The molecular weight excluding hydrogens is 230 g/mol. The van der Waals surface area contributed by atoms with Gasteiger partial charge in [0, 0.05) is 17.1 Å². The molecule has 0 radical (unpaired) electrons. The van der Waals surface area contributed by atoms with Crippen LogP contribution >= 0.6 is 11.6 Å². The fourth-order valence-electron chi connectivity index (χ4n) is 1.63. The minimum absolute atomic E-state index is 0.0565. The van der Waals surface area contributed by atoms with E-state index < -0.39 is 5.97 Å². The van der Waals surface area contributed by atoms with E-state index in [0.29, 0.717) is 16.5 Å². The molecule has 16 heavy (non-hydrogen) atoms. The molecule has 4 nitrogen and oxygen atoms in total. The number of aromatic nitrogens is 1. The maximum atomic E-state index is 11.4. The lowest BCUT2D eigenvalue weighted by molar-refractivity contribution is 0.0697. The van der Waals surface area contributed by atoms with Crippen LogP contribution < -0.4 is 0 Å². The monoisotopic (exact) mass is 237 g/mol. The highest BCUT2D eigenvalue weighted by Gasteiger charge is 2.17. The van der Waals surface area contributed by atoms with Crippen LogP contribution in [0.5, 0.6) is 0 Å². The number of Topliss-reactive ketones (excluding diaryl/α,β-unsaturated/α-hetero) is 1. The highest BCUT2D eigenvalue weighted by Crippen LogP contribution is 2.30. The summed E-state index contributed by atoms with van der Waals surface area (Å²) in [6.07, 6.45) is 1.62. The molecule has 2 aromatic rings. The highest BCUT2D eigenvalue weighted by atomic mass is 35.5. The first-order valence-electron chi connectivity index (χ1n) is 4.56. The first-order chi connectivity index (χ1) is 7.52. The summed E-state index contributed by atoms with van der Waals surface area (Å²) in [6, 6.07) is 2.95. The van der Waals surface area contributed by atoms with Gasteiger partial charge in [-0.2, -0.15) is 0 Å². The fraction of sp³-hybridized carbons (Fsp3) is 0.0909. The van der Waals surface area contributed by atoms with Crippen LogP contribution in [0.2, 0.25) is 5.02 Å². The second-order valence-electron chi connectivity index (χ2n) is 3.41.